The molecule has 2 rings (SSSR count). The molecule has 0 spiro atoms. The molecule has 2 N–H and O–H groups in total. The number of carbonyl (C=O) groups excluding carboxylic acids is 2. The molecule has 1 heterocycles. The van der Waals surface area contributed by atoms with Crippen molar-refractivity contribution in [2.75, 3.05) is 5.73 Å². The van der Waals surface area contributed by atoms with Crippen molar-refractivity contribution in [2.45, 2.75) is 26.0 Å². The van der Waals surface area contributed by atoms with E-state index in [1.807, 2.05) is 0 Å². The average molecular weight is 331 g/mol. The minimum Gasteiger partial charge on any atom is -0.419 e. The fourth-order valence-electron chi connectivity index (χ4n) is 1.81. The maximum Gasteiger partial charge on any atom is 0.573 e. The molecule has 0 saturated carbocycles. The maximum absolute atomic E-state index is 12.2. The third-order valence-corrected chi connectivity index (χ3v) is 2.71. The lowest BCUT2D eigenvalue weighted by Gasteiger charge is -2.29. The summed E-state index contributed by atoms with van der Waals surface area (Å²) in [7, 11) is 0. The highest BCUT2D eigenvalue weighted by molar-refractivity contribution is 6.19. The summed E-state index contributed by atoms with van der Waals surface area (Å²) in [5.74, 6) is -3.89. The third-order valence-electron chi connectivity index (χ3n) is 2.71. The van der Waals surface area contributed by atoms with Crippen LogP contribution in [0.1, 0.15) is 19.4 Å². The first-order valence-corrected chi connectivity index (χ1v) is 6.30. The number of esters is 2. The van der Waals surface area contributed by atoms with Crippen molar-refractivity contribution in [3.63, 3.8) is 0 Å². The van der Waals surface area contributed by atoms with E-state index in [1.54, 1.807) is 0 Å². The Hall–Kier alpha value is -2.71. The zero-order chi connectivity index (χ0) is 17.4. The first kappa shape index (κ1) is 16.7. The molecule has 0 radical (unpaired) electrons. The number of ether oxygens (including phenoxy) is 3. The van der Waals surface area contributed by atoms with Gasteiger partial charge in [-0.25, -0.2) is 9.59 Å². The minimum atomic E-state index is -4.88. The summed E-state index contributed by atoms with van der Waals surface area (Å²) in [6.45, 7) is 2.73. The lowest BCUT2D eigenvalue weighted by atomic mass is 10.1. The van der Waals surface area contributed by atoms with E-state index >= 15 is 0 Å². The largest absolute Gasteiger partial charge is 0.573 e. The predicted octanol–water partition coefficient (Wildman–Crippen LogP) is 2.39. The van der Waals surface area contributed by atoms with Gasteiger partial charge in [0.1, 0.15) is 11.3 Å². The van der Waals surface area contributed by atoms with Gasteiger partial charge in [-0.15, -0.1) is 13.2 Å². The van der Waals surface area contributed by atoms with Crippen LogP contribution in [0.25, 0.3) is 6.08 Å². The Morgan fingerprint density at radius 2 is 1.74 bits per heavy atom. The molecule has 23 heavy (non-hydrogen) atoms. The van der Waals surface area contributed by atoms with E-state index in [9.17, 15) is 22.8 Å². The van der Waals surface area contributed by atoms with E-state index in [0.29, 0.717) is 0 Å². The Bertz CT molecular complexity index is 672. The van der Waals surface area contributed by atoms with Gasteiger partial charge in [-0.05, 0) is 24.3 Å². The second kappa shape index (κ2) is 5.49. The molecule has 0 amide bonds. The van der Waals surface area contributed by atoms with Gasteiger partial charge in [0.2, 0.25) is 0 Å². The highest BCUT2D eigenvalue weighted by Crippen LogP contribution is 2.29. The first-order valence-electron chi connectivity index (χ1n) is 6.30. The lowest BCUT2D eigenvalue weighted by Crippen LogP contribution is -2.41. The standard InChI is InChI=1S/C14H12F3NO5/c1-13(2)22-11(19)9(12(20)23-13)6-7-5-8(3-4-10(7)18)21-14(15,16)17/h3-6H,18H2,1-2H3. The number of rotatable bonds is 2. The molecule has 0 aromatic heterocycles. The molecule has 0 unspecified atom stereocenters. The van der Waals surface area contributed by atoms with Crippen molar-refractivity contribution in [3.8, 4) is 5.75 Å². The van der Waals surface area contributed by atoms with Gasteiger partial charge in [0, 0.05) is 25.1 Å². The number of nitrogen functional groups attached to an aromatic ring is 1. The number of carbonyl (C=O) groups is 2. The van der Waals surface area contributed by atoms with Gasteiger partial charge >= 0.3 is 18.3 Å². The SMILES string of the molecule is CC1(C)OC(=O)C(=Cc2cc(OC(F)(F)F)ccc2N)C(=O)O1. The summed E-state index contributed by atoms with van der Waals surface area (Å²) < 4.78 is 50.2. The quantitative estimate of drug-likeness (QED) is 0.387. The topological polar surface area (TPSA) is 87.9 Å². The molecule has 1 aromatic carbocycles. The van der Waals surface area contributed by atoms with Gasteiger partial charge in [-0.3, -0.25) is 0 Å². The number of alkyl halides is 3. The number of nitrogens with two attached hydrogens (primary N) is 1. The first-order chi connectivity index (χ1) is 10.5. The van der Waals surface area contributed by atoms with Crippen molar-refractivity contribution in [1.82, 2.24) is 0 Å². The fourth-order valence-corrected chi connectivity index (χ4v) is 1.81. The molecule has 9 heteroatoms. The van der Waals surface area contributed by atoms with Gasteiger partial charge in [-0.1, -0.05) is 0 Å². The Morgan fingerprint density at radius 3 is 2.26 bits per heavy atom. The van der Waals surface area contributed by atoms with E-state index in [0.717, 1.165) is 24.3 Å². The highest BCUT2D eigenvalue weighted by Gasteiger charge is 2.39. The zero-order valence-electron chi connectivity index (χ0n) is 12.1. The Labute approximate surface area is 128 Å². The van der Waals surface area contributed by atoms with Crippen LogP contribution in [0.2, 0.25) is 0 Å². The molecule has 0 aliphatic carbocycles. The molecule has 0 atom stereocenters. The van der Waals surface area contributed by atoms with Gasteiger partial charge in [0.15, 0.2) is 0 Å². The average Bonchev–Trinajstić information content (AvgIpc) is 2.34. The molecule has 1 saturated heterocycles. The summed E-state index contributed by atoms with van der Waals surface area (Å²) in [6.07, 6.45) is -3.90. The zero-order valence-corrected chi connectivity index (χ0v) is 12.1. The molecule has 1 aromatic rings. The Balaban J connectivity index is 2.37. The van der Waals surface area contributed by atoms with Crippen LogP contribution >= 0.6 is 0 Å². The number of benzene rings is 1. The van der Waals surface area contributed by atoms with Crippen molar-refractivity contribution < 1.29 is 37.0 Å². The predicted molar refractivity (Wildman–Crippen MR) is 71.8 cm³/mol. The fraction of sp³-hybridized carbons (Fsp3) is 0.286. The van der Waals surface area contributed by atoms with Crippen LogP contribution in [0.4, 0.5) is 18.9 Å². The summed E-state index contributed by atoms with van der Waals surface area (Å²) in [5.41, 5.74) is 5.16. The molecule has 124 valence electrons. The van der Waals surface area contributed by atoms with E-state index in [4.69, 9.17) is 15.2 Å². The maximum atomic E-state index is 12.2. The number of cyclic esters (lactones) is 2. The second-order valence-corrected chi connectivity index (χ2v) is 5.08. The smallest absolute Gasteiger partial charge is 0.419 e. The molecular formula is C14H12F3NO5. The van der Waals surface area contributed by atoms with Gasteiger partial charge in [0.05, 0.1) is 0 Å². The van der Waals surface area contributed by atoms with Crippen LogP contribution in [0, 0.1) is 0 Å². The number of halogens is 3. The van der Waals surface area contributed by atoms with Crippen LogP contribution in [-0.4, -0.2) is 24.1 Å². The minimum absolute atomic E-state index is 0.0182. The van der Waals surface area contributed by atoms with Crippen molar-refractivity contribution in [1.29, 1.82) is 0 Å². The second-order valence-electron chi connectivity index (χ2n) is 5.08. The molecular weight excluding hydrogens is 319 g/mol. The normalized spacial score (nSPS) is 17.3. The van der Waals surface area contributed by atoms with E-state index < -0.39 is 35.4 Å². The third kappa shape index (κ3) is 4.15. The summed E-state index contributed by atoms with van der Waals surface area (Å²) in [4.78, 5) is 23.6. The van der Waals surface area contributed by atoms with Gasteiger partial charge in [0.25, 0.3) is 5.79 Å². The van der Waals surface area contributed by atoms with E-state index in [-0.39, 0.29) is 11.3 Å². The van der Waals surface area contributed by atoms with Crippen LogP contribution in [0.3, 0.4) is 0 Å². The number of hydrogen-bond donors (Lipinski definition) is 1. The van der Waals surface area contributed by atoms with Crippen molar-refractivity contribution >= 4 is 23.7 Å². The lowest BCUT2D eigenvalue weighted by molar-refractivity contribution is -0.274. The molecule has 6 nitrogen and oxygen atoms in total. The Morgan fingerprint density at radius 1 is 1.17 bits per heavy atom. The van der Waals surface area contributed by atoms with Crippen molar-refractivity contribution in [2.24, 2.45) is 0 Å². The van der Waals surface area contributed by atoms with Crippen LogP contribution < -0.4 is 10.5 Å². The summed E-state index contributed by atoms with van der Waals surface area (Å²) in [5, 5.41) is 0. The van der Waals surface area contributed by atoms with E-state index in [1.165, 1.54) is 13.8 Å². The molecule has 1 aliphatic rings. The summed E-state index contributed by atoms with van der Waals surface area (Å²) >= 11 is 0. The Kier molecular flexibility index (Phi) is 3.97. The number of hydrogen-bond acceptors (Lipinski definition) is 6. The van der Waals surface area contributed by atoms with Crippen LogP contribution in [-0.2, 0) is 19.1 Å². The highest BCUT2D eigenvalue weighted by atomic mass is 19.4. The monoisotopic (exact) mass is 331 g/mol. The molecule has 1 aliphatic heterocycles. The number of anilines is 1. The van der Waals surface area contributed by atoms with Crippen molar-refractivity contribution in [3.05, 3.63) is 29.3 Å². The van der Waals surface area contributed by atoms with Crippen LogP contribution in [0.15, 0.2) is 23.8 Å². The van der Waals surface area contributed by atoms with E-state index in [2.05, 4.69) is 4.74 Å². The summed E-state index contributed by atoms with van der Waals surface area (Å²) in [6, 6.07) is 3.10. The van der Waals surface area contributed by atoms with Gasteiger partial charge in [-0.2, -0.15) is 0 Å². The molecule has 1 fully saturated rings. The van der Waals surface area contributed by atoms with Crippen LogP contribution in [0.5, 0.6) is 5.75 Å². The van der Waals surface area contributed by atoms with Gasteiger partial charge < -0.3 is 19.9 Å². The molecule has 0 bridgehead atoms.